The van der Waals surface area contributed by atoms with E-state index in [-0.39, 0.29) is 0 Å². The summed E-state index contributed by atoms with van der Waals surface area (Å²) in [7, 11) is 0. The fourth-order valence-corrected chi connectivity index (χ4v) is 2.84. The molecular weight excluding hydrogens is 229 g/mol. The third kappa shape index (κ3) is 0.897. The Morgan fingerprint density at radius 3 is 2.78 bits per heavy atom. The Bertz CT molecular complexity index is 128. The van der Waals surface area contributed by atoms with Gasteiger partial charge in [0, 0.05) is 35.5 Å². The van der Waals surface area contributed by atoms with Gasteiger partial charge in [-0.2, -0.15) is 0 Å². The van der Waals surface area contributed by atoms with Gasteiger partial charge in [0.05, 0.1) is 6.61 Å². The fraction of sp³-hybridized carbons (Fsp3) is 1.00. The first-order valence-electron chi connectivity index (χ1n) is 3.36. The van der Waals surface area contributed by atoms with Crippen LogP contribution in [0.5, 0.6) is 0 Å². The van der Waals surface area contributed by atoms with Gasteiger partial charge >= 0.3 is 0 Å². The zero-order chi connectivity index (χ0) is 6.43. The molecule has 0 aromatic rings. The molecule has 0 spiro atoms. The summed E-state index contributed by atoms with van der Waals surface area (Å²) in [6, 6.07) is 0.482. The molecule has 3 unspecified atom stereocenters. The average Bonchev–Trinajstić information content (AvgIpc) is 2.45. The Kier molecular flexibility index (Phi) is 1.46. The summed E-state index contributed by atoms with van der Waals surface area (Å²) < 4.78 is 2.25. The second kappa shape index (κ2) is 2.07. The largest absolute Gasteiger partial charge is 0.395 e. The van der Waals surface area contributed by atoms with E-state index in [0.717, 1.165) is 11.8 Å². The Morgan fingerprint density at radius 1 is 1.67 bits per heavy atom. The minimum atomic E-state index is 0.351. The van der Waals surface area contributed by atoms with Gasteiger partial charge < -0.3 is 5.11 Å². The van der Waals surface area contributed by atoms with Crippen LogP contribution in [0.2, 0.25) is 0 Å². The standard InChI is InChI=1S/C6H10INO/c7-8-2-4-1-5(4)6(8)3-9/h4-6,9H,1-3H2. The Morgan fingerprint density at radius 2 is 2.44 bits per heavy atom. The van der Waals surface area contributed by atoms with Gasteiger partial charge in [-0.3, -0.25) is 0 Å². The van der Waals surface area contributed by atoms with Gasteiger partial charge in [0.15, 0.2) is 0 Å². The summed E-state index contributed by atoms with van der Waals surface area (Å²) in [6.07, 6.45) is 1.37. The minimum absolute atomic E-state index is 0.351. The maximum Gasteiger partial charge on any atom is 0.0597 e. The smallest absolute Gasteiger partial charge is 0.0597 e. The molecule has 2 fully saturated rings. The Balaban J connectivity index is 2.02. The van der Waals surface area contributed by atoms with E-state index in [1.807, 2.05) is 0 Å². The number of nitrogens with zero attached hydrogens (tertiary/aromatic N) is 1. The van der Waals surface area contributed by atoms with Gasteiger partial charge in [-0.25, -0.2) is 3.11 Å². The minimum Gasteiger partial charge on any atom is -0.395 e. The van der Waals surface area contributed by atoms with Crippen LogP contribution in [0.25, 0.3) is 0 Å². The molecule has 1 N–H and O–H groups in total. The highest BCUT2D eigenvalue weighted by Crippen LogP contribution is 2.50. The summed E-state index contributed by atoms with van der Waals surface area (Å²) in [5.41, 5.74) is 0. The van der Waals surface area contributed by atoms with Crippen molar-refractivity contribution in [3.63, 3.8) is 0 Å². The first-order valence-corrected chi connectivity index (χ1v) is 4.32. The van der Waals surface area contributed by atoms with E-state index < -0.39 is 0 Å². The monoisotopic (exact) mass is 239 g/mol. The van der Waals surface area contributed by atoms with Crippen LogP contribution in [0, 0.1) is 11.8 Å². The molecule has 1 heterocycles. The number of aliphatic hydroxyl groups excluding tert-OH is 1. The number of hydrogen-bond donors (Lipinski definition) is 1. The Hall–Kier alpha value is 0.650. The number of halogens is 1. The van der Waals surface area contributed by atoms with Crippen LogP contribution in [0.15, 0.2) is 0 Å². The normalized spacial score (nSPS) is 49.3. The van der Waals surface area contributed by atoms with E-state index in [9.17, 15) is 0 Å². The van der Waals surface area contributed by atoms with E-state index in [0.29, 0.717) is 12.6 Å². The lowest BCUT2D eigenvalue weighted by molar-refractivity contribution is 0.212. The molecule has 3 atom stereocenters. The molecule has 0 radical (unpaired) electrons. The zero-order valence-corrected chi connectivity index (χ0v) is 7.28. The molecule has 0 aromatic carbocycles. The van der Waals surface area contributed by atoms with Crippen LogP contribution < -0.4 is 0 Å². The van der Waals surface area contributed by atoms with Crippen LogP contribution in [0.3, 0.4) is 0 Å². The maximum atomic E-state index is 8.89. The number of aliphatic hydroxyl groups is 1. The average molecular weight is 239 g/mol. The van der Waals surface area contributed by atoms with E-state index in [4.69, 9.17) is 5.11 Å². The molecule has 0 bridgehead atoms. The predicted octanol–water partition coefficient (Wildman–Crippen LogP) is 0.649. The van der Waals surface area contributed by atoms with Crippen LogP contribution in [-0.4, -0.2) is 27.4 Å². The van der Waals surface area contributed by atoms with Gasteiger partial charge in [0.25, 0.3) is 0 Å². The van der Waals surface area contributed by atoms with Crippen molar-refractivity contribution < 1.29 is 5.11 Å². The first-order chi connectivity index (χ1) is 4.33. The molecule has 1 aliphatic heterocycles. The molecule has 1 aliphatic carbocycles. The van der Waals surface area contributed by atoms with Crippen molar-refractivity contribution >= 4 is 22.9 Å². The van der Waals surface area contributed by atoms with Crippen molar-refractivity contribution in [2.24, 2.45) is 11.8 Å². The molecule has 2 nitrogen and oxygen atoms in total. The van der Waals surface area contributed by atoms with Crippen molar-refractivity contribution in [1.82, 2.24) is 3.11 Å². The molecule has 0 aromatic heterocycles. The highest BCUT2D eigenvalue weighted by atomic mass is 127. The van der Waals surface area contributed by atoms with Gasteiger partial charge in [-0.05, 0) is 18.3 Å². The van der Waals surface area contributed by atoms with Gasteiger partial charge in [0.1, 0.15) is 0 Å². The lowest BCUT2D eigenvalue weighted by Crippen LogP contribution is -2.27. The molecule has 2 aliphatic rings. The zero-order valence-electron chi connectivity index (χ0n) is 5.13. The Labute approximate surface area is 68.7 Å². The highest BCUT2D eigenvalue weighted by molar-refractivity contribution is 14.1. The van der Waals surface area contributed by atoms with Gasteiger partial charge in [0.2, 0.25) is 0 Å². The quantitative estimate of drug-likeness (QED) is 0.536. The molecular formula is C6H10INO. The summed E-state index contributed by atoms with van der Waals surface area (Å²) in [6.45, 7) is 1.56. The van der Waals surface area contributed by atoms with Crippen LogP contribution in [0.4, 0.5) is 0 Å². The predicted molar refractivity (Wildman–Crippen MR) is 43.2 cm³/mol. The van der Waals surface area contributed by atoms with E-state index in [1.54, 1.807) is 0 Å². The summed E-state index contributed by atoms with van der Waals surface area (Å²) in [5, 5.41) is 8.89. The fourth-order valence-electron chi connectivity index (χ4n) is 1.74. The van der Waals surface area contributed by atoms with Crippen molar-refractivity contribution in [2.75, 3.05) is 13.2 Å². The van der Waals surface area contributed by atoms with Gasteiger partial charge in [-0.1, -0.05) is 0 Å². The number of hydrogen-bond acceptors (Lipinski definition) is 2. The number of rotatable bonds is 1. The highest BCUT2D eigenvalue weighted by Gasteiger charge is 2.51. The summed E-state index contributed by atoms with van der Waals surface area (Å²) in [4.78, 5) is 0. The molecule has 1 saturated carbocycles. The molecule has 0 amide bonds. The van der Waals surface area contributed by atoms with E-state index in [1.165, 1.54) is 13.0 Å². The summed E-state index contributed by atoms with van der Waals surface area (Å²) in [5.74, 6) is 1.77. The number of fused-ring (bicyclic) bond motifs is 1. The summed E-state index contributed by atoms with van der Waals surface area (Å²) >= 11 is 2.31. The topological polar surface area (TPSA) is 23.5 Å². The second-order valence-electron chi connectivity index (χ2n) is 2.99. The van der Waals surface area contributed by atoms with E-state index in [2.05, 4.69) is 26.0 Å². The molecule has 2 rings (SSSR count). The van der Waals surface area contributed by atoms with Crippen molar-refractivity contribution in [1.29, 1.82) is 0 Å². The lowest BCUT2D eigenvalue weighted by Gasteiger charge is -2.17. The van der Waals surface area contributed by atoms with Crippen molar-refractivity contribution in [3.8, 4) is 0 Å². The number of piperidine rings is 1. The van der Waals surface area contributed by atoms with Crippen LogP contribution in [-0.2, 0) is 0 Å². The van der Waals surface area contributed by atoms with Crippen molar-refractivity contribution in [2.45, 2.75) is 12.5 Å². The SMILES string of the molecule is OCC1C2CC2CN1I. The second-order valence-corrected chi connectivity index (χ2v) is 4.23. The molecule has 52 valence electrons. The van der Waals surface area contributed by atoms with Crippen LogP contribution >= 0.6 is 22.9 Å². The molecule has 3 heteroatoms. The van der Waals surface area contributed by atoms with Gasteiger partial charge in [-0.15, -0.1) is 0 Å². The van der Waals surface area contributed by atoms with Crippen molar-refractivity contribution in [3.05, 3.63) is 0 Å². The third-order valence-corrected chi connectivity index (χ3v) is 3.54. The lowest BCUT2D eigenvalue weighted by atomic mass is 10.2. The maximum absolute atomic E-state index is 8.89. The third-order valence-electron chi connectivity index (χ3n) is 2.43. The molecule has 1 saturated heterocycles. The van der Waals surface area contributed by atoms with Crippen LogP contribution in [0.1, 0.15) is 6.42 Å². The first kappa shape index (κ1) is 6.37. The van der Waals surface area contributed by atoms with E-state index >= 15 is 0 Å². The molecule has 9 heavy (non-hydrogen) atoms.